The van der Waals surface area contributed by atoms with Gasteiger partial charge in [0.1, 0.15) is 12.2 Å². The van der Waals surface area contributed by atoms with Crippen LogP contribution in [0.25, 0.3) is 0 Å². The average Bonchev–Trinajstić information content (AvgIpc) is 3.07. The number of ether oxygens (including phenoxy) is 2. The van der Waals surface area contributed by atoms with E-state index in [4.69, 9.17) is 20.9 Å². The number of hydrogen-bond acceptors (Lipinski definition) is 6. The van der Waals surface area contributed by atoms with Gasteiger partial charge < -0.3 is 25.8 Å². The maximum atomic E-state index is 11.0. The largest absolute Gasteiger partial charge is 0.370 e. The van der Waals surface area contributed by atoms with Gasteiger partial charge in [-0.15, -0.1) is 0 Å². The van der Waals surface area contributed by atoms with Gasteiger partial charge in [0.05, 0.1) is 13.2 Å². The molecule has 254 valence electrons. The molecule has 0 fully saturated rings. The number of carbonyl (C=O) groups is 2. The van der Waals surface area contributed by atoms with Crippen molar-refractivity contribution in [3.05, 3.63) is 130 Å². The van der Waals surface area contributed by atoms with Crippen molar-refractivity contribution < 1.29 is 19.1 Å². The molecule has 2 heterocycles. The van der Waals surface area contributed by atoms with Crippen LogP contribution in [0.3, 0.4) is 0 Å². The zero-order valence-corrected chi connectivity index (χ0v) is 28.4. The smallest absolute Gasteiger partial charge is 0.241 e. The SMILES string of the molecule is CN1CCOC(c2ccccc2)C2=C(CC(/C=C/C(N)=O)CC2)C1.CN1CCOC(c2ccccc2)c2ccc(CCC(N)=O)cc2C1. The number of likely N-dealkylation sites (N-methyl/N-ethyl adjacent to an activating group) is 2. The zero-order chi connectivity index (χ0) is 33.9. The van der Waals surface area contributed by atoms with E-state index in [2.05, 4.69) is 78.5 Å². The molecule has 0 radical (unpaired) electrons. The number of fused-ring (bicyclic) bond motifs is 1. The summed E-state index contributed by atoms with van der Waals surface area (Å²) in [5, 5.41) is 0. The Morgan fingerprint density at radius 1 is 0.833 bits per heavy atom. The highest BCUT2D eigenvalue weighted by molar-refractivity contribution is 5.85. The number of hydrogen-bond donors (Lipinski definition) is 2. The maximum absolute atomic E-state index is 11.0. The highest BCUT2D eigenvalue weighted by Gasteiger charge is 2.29. The fourth-order valence-electron chi connectivity index (χ4n) is 6.87. The van der Waals surface area contributed by atoms with E-state index in [0.717, 1.165) is 57.6 Å². The highest BCUT2D eigenvalue weighted by Crippen LogP contribution is 2.40. The Hall–Kier alpha value is -4.08. The molecule has 3 atom stereocenters. The third kappa shape index (κ3) is 9.97. The van der Waals surface area contributed by atoms with Crippen LogP contribution in [0.1, 0.15) is 65.7 Å². The van der Waals surface area contributed by atoms with Gasteiger partial charge in [-0.2, -0.15) is 0 Å². The molecule has 3 aromatic carbocycles. The lowest BCUT2D eigenvalue weighted by molar-refractivity contribution is -0.118. The molecule has 3 unspecified atom stereocenters. The first kappa shape index (κ1) is 35.2. The molecule has 1 aliphatic carbocycles. The molecule has 8 nitrogen and oxygen atoms in total. The minimum atomic E-state index is -0.366. The van der Waals surface area contributed by atoms with Gasteiger partial charge in [-0.05, 0) is 85.2 Å². The monoisotopic (exact) mass is 650 g/mol. The van der Waals surface area contributed by atoms with Gasteiger partial charge in [-0.25, -0.2) is 0 Å². The number of benzene rings is 3. The van der Waals surface area contributed by atoms with E-state index in [-0.39, 0.29) is 24.0 Å². The fraction of sp³-hybridized carbons (Fsp3) is 0.400. The second-order valence-corrected chi connectivity index (χ2v) is 13.2. The molecular formula is C40H50N4O4. The number of amides is 2. The first-order valence-electron chi connectivity index (χ1n) is 17.1. The van der Waals surface area contributed by atoms with Crippen LogP contribution in [0.5, 0.6) is 0 Å². The van der Waals surface area contributed by atoms with Gasteiger partial charge >= 0.3 is 0 Å². The molecule has 6 rings (SSSR count). The maximum Gasteiger partial charge on any atom is 0.241 e. The topological polar surface area (TPSA) is 111 Å². The molecule has 0 saturated heterocycles. The number of allylic oxidation sites excluding steroid dienone is 1. The summed E-state index contributed by atoms with van der Waals surface area (Å²) in [5.74, 6) is -0.236. The van der Waals surface area contributed by atoms with Gasteiger partial charge in [0, 0.05) is 32.6 Å². The van der Waals surface area contributed by atoms with Crippen LogP contribution in [0.15, 0.2) is 102 Å². The van der Waals surface area contributed by atoms with Gasteiger partial charge in [0.2, 0.25) is 11.8 Å². The van der Waals surface area contributed by atoms with Crippen molar-refractivity contribution in [2.75, 3.05) is 46.9 Å². The summed E-state index contributed by atoms with van der Waals surface area (Å²) in [6, 6.07) is 27.3. The van der Waals surface area contributed by atoms with Crippen LogP contribution in [-0.2, 0) is 32.0 Å². The van der Waals surface area contributed by atoms with Crippen LogP contribution in [0.4, 0.5) is 0 Å². The number of primary amides is 2. The summed E-state index contributed by atoms with van der Waals surface area (Å²) >= 11 is 0. The summed E-state index contributed by atoms with van der Waals surface area (Å²) in [6.07, 6.45) is 7.61. The third-order valence-corrected chi connectivity index (χ3v) is 9.37. The summed E-state index contributed by atoms with van der Waals surface area (Å²) in [4.78, 5) is 26.6. The van der Waals surface area contributed by atoms with Crippen LogP contribution in [0, 0.1) is 5.92 Å². The Morgan fingerprint density at radius 2 is 1.46 bits per heavy atom. The predicted octanol–water partition coefficient (Wildman–Crippen LogP) is 5.48. The van der Waals surface area contributed by atoms with E-state index in [1.54, 1.807) is 0 Å². The van der Waals surface area contributed by atoms with Gasteiger partial charge in [0.15, 0.2) is 0 Å². The lowest BCUT2D eigenvalue weighted by Crippen LogP contribution is -2.32. The number of carbonyl (C=O) groups excluding carboxylic acids is 2. The van der Waals surface area contributed by atoms with Crippen molar-refractivity contribution >= 4 is 11.8 Å². The minimum Gasteiger partial charge on any atom is -0.370 e. The van der Waals surface area contributed by atoms with Crippen LogP contribution >= 0.6 is 0 Å². The van der Waals surface area contributed by atoms with Crippen LogP contribution in [-0.4, -0.2) is 68.6 Å². The molecule has 4 N–H and O–H groups in total. The van der Waals surface area contributed by atoms with E-state index < -0.39 is 0 Å². The van der Waals surface area contributed by atoms with Crippen molar-refractivity contribution in [1.82, 2.24) is 9.80 Å². The molecule has 2 amide bonds. The Morgan fingerprint density at radius 3 is 2.10 bits per heavy atom. The highest BCUT2D eigenvalue weighted by atomic mass is 16.5. The predicted molar refractivity (Wildman–Crippen MR) is 190 cm³/mol. The van der Waals surface area contributed by atoms with E-state index in [1.165, 1.54) is 39.5 Å². The molecule has 8 heteroatoms. The van der Waals surface area contributed by atoms with Crippen LogP contribution in [0.2, 0.25) is 0 Å². The van der Waals surface area contributed by atoms with Crippen molar-refractivity contribution in [2.45, 2.75) is 50.9 Å². The van der Waals surface area contributed by atoms with E-state index in [9.17, 15) is 9.59 Å². The summed E-state index contributed by atoms with van der Waals surface area (Å²) in [6.45, 7) is 5.14. The van der Waals surface area contributed by atoms with E-state index in [1.807, 2.05) is 30.3 Å². The number of aryl methyl sites for hydroxylation is 1. The van der Waals surface area contributed by atoms with E-state index >= 15 is 0 Å². The Bertz CT molecular complexity index is 1570. The first-order chi connectivity index (χ1) is 23.3. The Kier molecular flexibility index (Phi) is 12.7. The summed E-state index contributed by atoms with van der Waals surface area (Å²) < 4.78 is 12.4. The molecule has 2 aliphatic heterocycles. The standard InChI is InChI=1S/C20H26N2O2.C20H24N2O2/c2*1-22-11-12-24-20(16-5-3-2-4-6-16)18-9-7-15(8-10-19(21)23)13-17(18)14-22/h2-6,8,10,15,20H,7,9,11-14H2,1H3,(H2,21,23);2-7,9,13,20H,8,10-12,14H2,1H3,(H2,21,23)/b10-8+;. The van der Waals surface area contributed by atoms with Gasteiger partial charge in [0.25, 0.3) is 0 Å². The van der Waals surface area contributed by atoms with Gasteiger partial charge in [-0.1, -0.05) is 90.5 Å². The Balaban J connectivity index is 0.000000188. The quantitative estimate of drug-likeness (QED) is 0.259. The summed E-state index contributed by atoms with van der Waals surface area (Å²) in [5.41, 5.74) is 19.4. The van der Waals surface area contributed by atoms with Crippen molar-refractivity contribution in [1.29, 1.82) is 0 Å². The van der Waals surface area contributed by atoms with E-state index in [0.29, 0.717) is 25.4 Å². The Labute approximate surface area is 285 Å². The zero-order valence-electron chi connectivity index (χ0n) is 28.4. The molecular weight excluding hydrogens is 600 g/mol. The number of nitrogens with two attached hydrogens (primary N) is 2. The molecule has 0 saturated carbocycles. The van der Waals surface area contributed by atoms with Crippen molar-refractivity contribution in [2.24, 2.45) is 17.4 Å². The van der Waals surface area contributed by atoms with Gasteiger partial charge in [-0.3, -0.25) is 14.5 Å². The average molecular weight is 651 g/mol. The van der Waals surface area contributed by atoms with Crippen molar-refractivity contribution in [3.63, 3.8) is 0 Å². The normalized spacial score (nSPS) is 22.2. The van der Waals surface area contributed by atoms with Crippen molar-refractivity contribution in [3.8, 4) is 0 Å². The minimum absolute atomic E-state index is 0.0416. The third-order valence-electron chi connectivity index (χ3n) is 9.37. The second-order valence-electron chi connectivity index (χ2n) is 13.2. The first-order valence-corrected chi connectivity index (χ1v) is 17.1. The molecule has 0 aromatic heterocycles. The number of nitrogens with zero attached hydrogens (tertiary/aromatic N) is 2. The second kappa shape index (κ2) is 17.4. The molecule has 3 aliphatic rings. The fourth-order valence-corrected chi connectivity index (χ4v) is 6.87. The molecule has 3 aromatic rings. The lowest BCUT2D eigenvalue weighted by Gasteiger charge is -2.35. The lowest BCUT2D eigenvalue weighted by atomic mass is 9.79. The summed E-state index contributed by atoms with van der Waals surface area (Å²) in [7, 11) is 4.24. The molecule has 48 heavy (non-hydrogen) atoms. The molecule has 0 spiro atoms. The molecule has 0 bridgehead atoms. The van der Waals surface area contributed by atoms with Crippen LogP contribution < -0.4 is 11.5 Å². The number of rotatable bonds is 7.